The van der Waals surface area contributed by atoms with Crippen molar-refractivity contribution in [3.8, 4) is 0 Å². The molecule has 3 rings (SSSR count). The number of hydrogen-bond donors (Lipinski definition) is 3. The van der Waals surface area contributed by atoms with E-state index >= 15 is 0 Å². The number of rotatable bonds is 7. The van der Waals surface area contributed by atoms with Gasteiger partial charge in [-0.05, 0) is 48.5 Å². The number of amides is 1. The van der Waals surface area contributed by atoms with Crippen LogP contribution in [-0.4, -0.2) is 14.3 Å². The van der Waals surface area contributed by atoms with Crippen LogP contribution in [0.1, 0.15) is 15.9 Å². The number of carbonyl (C=O) groups excluding carboxylic acids is 1. The summed E-state index contributed by atoms with van der Waals surface area (Å²) in [7, 11) is -3.89. The van der Waals surface area contributed by atoms with Gasteiger partial charge in [0.1, 0.15) is 0 Å². The predicted molar refractivity (Wildman–Crippen MR) is 120 cm³/mol. The summed E-state index contributed by atoms with van der Waals surface area (Å²) in [5.74, 6) is -0.535. The lowest BCUT2D eigenvalue weighted by molar-refractivity contribution is 0.0942. The number of hydrogen-bond acceptors (Lipinski definition) is 4. The van der Waals surface area contributed by atoms with E-state index in [1.54, 1.807) is 48.5 Å². The number of hydrazine groups is 1. The summed E-state index contributed by atoms with van der Waals surface area (Å²) in [5, 5.41) is 0.966. The molecule has 0 aliphatic carbocycles. The highest BCUT2D eigenvalue weighted by Crippen LogP contribution is 2.21. The van der Waals surface area contributed by atoms with Gasteiger partial charge < -0.3 is 0 Å². The van der Waals surface area contributed by atoms with Gasteiger partial charge in [-0.3, -0.25) is 20.4 Å². The van der Waals surface area contributed by atoms with Crippen molar-refractivity contribution in [3.63, 3.8) is 0 Å². The zero-order valence-corrected chi connectivity index (χ0v) is 17.9. The van der Waals surface area contributed by atoms with Crippen molar-refractivity contribution in [2.45, 2.75) is 4.90 Å². The van der Waals surface area contributed by atoms with Gasteiger partial charge in [-0.25, -0.2) is 8.42 Å². The Morgan fingerprint density at radius 1 is 0.867 bits per heavy atom. The molecule has 154 valence electrons. The highest BCUT2D eigenvalue weighted by atomic mass is 35.5. The lowest BCUT2D eigenvalue weighted by Gasteiger charge is -2.13. The molecular weight excluding hydrogens is 445 g/mol. The van der Waals surface area contributed by atoms with Gasteiger partial charge in [0.25, 0.3) is 15.9 Å². The lowest BCUT2D eigenvalue weighted by atomic mass is 10.2. The van der Waals surface area contributed by atoms with Gasteiger partial charge in [0.15, 0.2) is 0 Å². The Morgan fingerprint density at radius 3 is 2.27 bits per heavy atom. The van der Waals surface area contributed by atoms with Gasteiger partial charge in [-0.2, -0.15) is 0 Å². The fourth-order valence-electron chi connectivity index (χ4n) is 2.51. The van der Waals surface area contributed by atoms with Gasteiger partial charge >= 0.3 is 0 Å². The second kappa shape index (κ2) is 9.21. The maximum Gasteiger partial charge on any atom is 0.269 e. The molecule has 0 spiro atoms. The van der Waals surface area contributed by atoms with E-state index in [1.807, 2.05) is 0 Å². The third kappa shape index (κ3) is 5.33. The van der Waals surface area contributed by atoms with Gasteiger partial charge in [0.05, 0.1) is 10.6 Å². The Labute approximate surface area is 184 Å². The average molecular weight is 462 g/mol. The van der Waals surface area contributed by atoms with Crippen LogP contribution in [-0.2, 0) is 10.0 Å². The second-order valence-electron chi connectivity index (χ2n) is 6.18. The number of carbonyl (C=O) groups is 1. The number of nitrogens with one attached hydrogen (secondary N) is 3. The minimum absolute atomic E-state index is 0.0602. The van der Waals surface area contributed by atoms with E-state index in [4.69, 9.17) is 23.2 Å². The molecular formula is C21H17Cl2N3O3S. The highest BCUT2D eigenvalue weighted by molar-refractivity contribution is 7.92. The molecule has 0 aromatic heterocycles. The van der Waals surface area contributed by atoms with Crippen molar-refractivity contribution in [1.29, 1.82) is 0 Å². The zero-order chi connectivity index (χ0) is 21.7. The van der Waals surface area contributed by atoms with E-state index in [0.29, 0.717) is 27.0 Å². The molecule has 0 heterocycles. The molecule has 1 amide bonds. The topological polar surface area (TPSA) is 87.3 Å². The molecule has 3 aromatic rings. The number of anilines is 1. The van der Waals surface area contributed by atoms with Crippen molar-refractivity contribution >= 4 is 50.5 Å². The standard InChI is InChI=1S/C21H17Cl2N3O3S/c1-14(19-7-2-3-8-20(19)23)24-25-21(27)15-5-4-6-18(13-15)30(28,29)26-17-11-9-16(22)10-12-17/h2-13,24,26H,1H2,(H,25,27). The monoisotopic (exact) mass is 461 g/mol. The van der Waals surface area contributed by atoms with Crippen LogP contribution in [0.2, 0.25) is 10.0 Å². The SMILES string of the molecule is C=C(NNC(=O)c1cccc(S(=O)(=O)Nc2ccc(Cl)cc2)c1)c1ccccc1Cl. The van der Waals surface area contributed by atoms with Crippen LogP contribution in [0.3, 0.4) is 0 Å². The minimum Gasteiger partial charge on any atom is -0.298 e. The molecule has 30 heavy (non-hydrogen) atoms. The molecule has 3 N–H and O–H groups in total. The first kappa shape index (κ1) is 21.7. The lowest BCUT2D eigenvalue weighted by Crippen LogP contribution is -2.36. The summed E-state index contributed by atoms with van der Waals surface area (Å²) in [4.78, 5) is 12.4. The zero-order valence-electron chi connectivity index (χ0n) is 15.5. The van der Waals surface area contributed by atoms with Gasteiger partial charge in [-0.1, -0.05) is 54.0 Å². The number of halogens is 2. The molecule has 0 atom stereocenters. The van der Waals surface area contributed by atoms with E-state index in [-0.39, 0.29) is 10.5 Å². The van der Waals surface area contributed by atoms with Crippen molar-refractivity contribution in [2.75, 3.05) is 4.72 Å². The Hall–Kier alpha value is -3.00. The first-order valence-electron chi connectivity index (χ1n) is 8.65. The van der Waals surface area contributed by atoms with E-state index < -0.39 is 15.9 Å². The molecule has 0 saturated heterocycles. The van der Waals surface area contributed by atoms with E-state index in [0.717, 1.165) is 0 Å². The van der Waals surface area contributed by atoms with E-state index in [9.17, 15) is 13.2 Å². The predicted octanol–water partition coefficient (Wildman–Crippen LogP) is 4.70. The maximum absolute atomic E-state index is 12.6. The molecule has 0 bridgehead atoms. The van der Waals surface area contributed by atoms with Crippen molar-refractivity contribution in [1.82, 2.24) is 10.9 Å². The molecule has 0 aliphatic heterocycles. The second-order valence-corrected chi connectivity index (χ2v) is 8.70. The Balaban J connectivity index is 1.71. The summed E-state index contributed by atoms with van der Waals surface area (Å²) in [6.45, 7) is 3.84. The van der Waals surface area contributed by atoms with Gasteiger partial charge in [-0.15, -0.1) is 0 Å². The van der Waals surface area contributed by atoms with Crippen LogP contribution in [0.25, 0.3) is 5.70 Å². The maximum atomic E-state index is 12.6. The van der Waals surface area contributed by atoms with Crippen LogP contribution in [0.5, 0.6) is 0 Å². The Morgan fingerprint density at radius 2 is 1.57 bits per heavy atom. The van der Waals surface area contributed by atoms with E-state index in [1.165, 1.54) is 24.3 Å². The average Bonchev–Trinajstić information content (AvgIpc) is 2.73. The van der Waals surface area contributed by atoms with Crippen molar-refractivity contribution in [3.05, 3.63) is 101 Å². The van der Waals surface area contributed by atoms with Gasteiger partial charge in [0, 0.05) is 26.9 Å². The Kier molecular flexibility index (Phi) is 6.66. The molecule has 9 heteroatoms. The van der Waals surface area contributed by atoms with Crippen molar-refractivity contribution < 1.29 is 13.2 Å². The van der Waals surface area contributed by atoms with Crippen LogP contribution in [0.4, 0.5) is 5.69 Å². The third-order valence-electron chi connectivity index (χ3n) is 4.03. The van der Waals surface area contributed by atoms with Crippen LogP contribution >= 0.6 is 23.2 Å². The quantitative estimate of drug-likeness (QED) is 0.445. The molecule has 3 aromatic carbocycles. The number of benzene rings is 3. The van der Waals surface area contributed by atoms with Gasteiger partial charge in [0.2, 0.25) is 0 Å². The summed E-state index contributed by atoms with van der Waals surface area (Å²) in [6, 6.07) is 18.9. The Bertz CT molecular complexity index is 1200. The molecule has 0 aliphatic rings. The van der Waals surface area contributed by atoms with E-state index in [2.05, 4.69) is 22.2 Å². The molecule has 0 fully saturated rings. The summed E-state index contributed by atoms with van der Waals surface area (Å²) in [5.41, 5.74) is 6.69. The summed E-state index contributed by atoms with van der Waals surface area (Å²) in [6.07, 6.45) is 0. The van der Waals surface area contributed by atoms with Crippen LogP contribution < -0.4 is 15.6 Å². The first-order valence-corrected chi connectivity index (χ1v) is 10.9. The highest BCUT2D eigenvalue weighted by Gasteiger charge is 2.17. The normalized spacial score (nSPS) is 10.9. The fourth-order valence-corrected chi connectivity index (χ4v) is 3.99. The molecule has 0 unspecified atom stereocenters. The molecule has 6 nitrogen and oxygen atoms in total. The van der Waals surface area contributed by atoms with Crippen LogP contribution in [0, 0.1) is 0 Å². The third-order valence-corrected chi connectivity index (χ3v) is 5.99. The van der Waals surface area contributed by atoms with Crippen molar-refractivity contribution in [2.24, 2.45) is 0 Å². The summed E-state index contributed by atoms with van der Waals surface area (Å²) < 4.78 is 27.7. The molecule has 0 saturated carbocycles. The number of sulfonamides is 1. The smallest absolute Gasteiger partial charge is 0.269 e. The van der Waals surface area contributed by atoms with Crippen LogP contribution in [0.15, 0.2) is 84.3 Å². The molecule has 0 radical (unpaired) electrons. The first-order chi connectivity index (χ1) is 14.3. The largest absolute Gasteiger partial charge is 0.298 e. The fraction of sp³-hybridized carbons (Fsp3) is 0. The minimum atomic E-state index is -3.89. The summed E-state index contributed by atoms with van der Waals surface area (Å²) >= 11 is 11.9.